The molecule has 0 heterocycles. The maximum absolute atomic E-state index is 12.7. The van der Waals surface area contributed by atoms with E-state index in [1.807, 2.05) is 27.2 Å². The molecule has 0 aliphatic rings. The molecule has 0 spiro atoms. The van der Waals surface area contributed by atoms with Crippen LogP contribution in [0.5, 0.6) is 0 Å². The Kier molecular flexibility index (Phi) is 35.2. The summed E-state index contributed by atoms with van der Waals surface area (Å²) in [7, 11) is 5.51. The van der Waals surface area contributed by atoms with E-state index >= 15 is 0 Å². The van der Waals surface area contributed by atoms with Crippen molar-refractivity contribution in [2.24, 2.45) is 0 Å². The average molecular weight is 751 g/mol. The predicted octanol–water partition coefficient (Wildman–Crippen LogP) is 11.7. The Morgan fingerprint density at radius 2 is 1.04 bits per heavy atom. The molecule has 0 radical (unpaired) electrons. The molecule has 8 nitrogen and oxygen atoms in total. The van der Waals surface area contributed by atoms with Crippen LogP contribution in [0.15, 0.2) is 24.3 Å². The third-order valence-corrected chi connectivity index (χ3v) is 9.87. The lowest BCUT2D eigenvalue weighted by molar-refractivity contribution is -0.887. The Morgan fingerprint density at radius 1 is 0.566 bits per heavy atom. The third-order valence-electron chi connectivity index (χ3n) is 9.87. The highest BCUT2D eigenvalue weighted by molar-refractivity contribution is 5.72. The van der Waals surface area contributed by atoms with E-state index < -0.39 is 18.1 Å². The summed E-state index contributed by atoms with van der Waals surface area (Å²) in [6, 6.07) is -0.620. The maximum Gasteiger partial charge on any atom is 0.362 e. The van der Waals surface area contributed by atoms with Crippen molar-refractivity contribution in [2.45, 2.75) is 206 Å². The van der Waals surface area contributed by atoms with E-state index in [0.717, 1.165) is 32.1 Å². The fourth-order valence-corrected chi connectivity index (χ4v) is 6.44. The predicted molar refractivity (Wildman–Crippen MR) is 220 cm³/mol. The summed E-state index contributed by atoms with van der Waals surface area (Å²) in [6.07, 6.45) is 39.5. The third kappa shape index (κ3) is 35.3. The summed E-state index contributed by atoms with van der Waals surface area (Å²) in [5.41, 5.74) is 0. The van der Waals surface area contributed by atoms with Crippen LogP contribution in [0.4, 0.5) is 0 Å². The zero-order valence-electron chi connectivity index (χ0n) is 35.2. The number of hydrogen-bond donors (Lipinski definition) is 1. The van der Waals surface area contributed by atoms with Gasteiger partial charge in [-0.1, -0.05) is 167 Å². The minimum absolute atomic E-state index is 0.0424. The molecule has 0 saturated heterocycles. The first-order chi connectivity index (χ1) is 25.6. The second-order valence-electron chi connectivity index (χ2n) is 16.0. The summed E-state index contributed by atoms with van der Waals surface area (Å²) in [5, 5.41) is 9.60. The van der Waals surface area contributed by atoms with Gasteiger partial charge in [-0.2, -0.15) is 0 Å². The molecule has 0 amide bonds. The van der Waals surface area contributed by atoms with Crippen molar-refractivity contribution >= 4 is 17.9 Å². The van der Waals surface area contributed by atoms with Crippen molar-refractivity contribution in [1.82, 2.24) is 0 Å². The van der Waals surface area contributed by atoms with Crippen LogP contribution in [0, 0.1) is 0 Å². The number of allylic oxidation sites excluding steroid dienone is 4. The Labute approximate surface area is 326 Å². The number of unbranched alkanes of at least 4 members (excludes halogenated alkanes) is 21. The maximum atomic E-state index is 12.7. The van der Waals surface area contributed by atoms with Crippen LogP contribution in [-0.2, 0) is 28.6 Å². The number of carboxylic acid groups (broad SMARTS) is 1. The zero-order valence-corrected chi connectivity index (χ0v) is 35.2. The highest BCUT2D eigenvalue weighted by atomic mass is 16.6. The fraction of sp³-hybridized carbons (Fsp3) is 0.844. The van der Waals surface area contributed by atoms with Crippen LogP contribution in [0.2, 0.25) is 0 Å². The van der Waals surface area contributed by atoms with Gasteiger partial charge in [-0.15, -0.1) is 0 Å². The van der Waals surface area contributed by atoms with Gasteiger partial charge in [0.25, 0.3) is 0 Å². The first-order valence-electron chi connectivity index (χ1n) is 21.9. The quantitative estimate of drug-likeness (QED) is 0.0289. The van der Waals surface area contributed by atoms with Gasteiger partial charge in [0.05, 0.1) is 34.4 Å². The fourth-order valence-electron chi connectivity index (χ4n) is 6.44. The lowest BCUT2D eigenvalue weighted by atomic mass is 10.0. The molecule has 0 fully saturated rings. The summed E-state index contributed by atoms with van der Waals surface area (Å²) in [6.45, 7) is 4.68. The van der Waals surface area contributed by atoms with Crippen molar-refractivity contribution in [3.05, 3.63) is 24.3 Å². The van der Waals surface area contributed by atoms with E-state index in [0.29, 0.717) is 19.3 Å². The normalized spacial score (nSPS) is 13.2. The van der Waals surface area contributed by atoms with Crippen molar-refractivity contribution in [3.63, 3.8) is 0 Å². The summed E-state index contributed by atoms with van der Waals surface area (Å²) >= 11 is 0. The van der Waals surface area contributed by atoms with Crippen LogP contribution in [0.1, 0.15) is 194 Å². The van der Waals surface area contributed by atoms with E-state index in [-0.39, 0.29) is 42.7 Å². The molecular weight excluding hydrogens is 666 g/mol. The lowest BCUT2D eigenvalue weighted by Gasteiger charge is -2.31. The molecular formula is C45H84NO7+. The number of carbonyl (C=O) groups is 3. The lowest BCUT2D eigenvalue weighted by Crippen LogP contribution is -2.50. The number of esters is 2. The SMILES string of the molecule is CCCCCCCC/C=C/C/C=C/CCC(=O)OC(COCCC(C(=O)O)[N+](C)(C)C)COC(=O)CCCCCCCCCCCCCCCCCC. The highest BCUT2D eigenvalue weighted by Crippen LogP contribution is 2.15. The molecule has 0 aliphatic heterocycles. The summed E-state index contributed by atoms with van der Waals surface area (Å²) in [5.74, 6) is -1.54. The van der Waals surface area contributed by atoms with Gasteiger partial charge in [-0.05, 0) is 32.1 Å². The Bertz CT molecular complexity index is 926. The second-order valence-corrected chi connectivity index (χ2v) is 16.0. The molecule has 1 N–H and O–H groups in total. The van der Waals surface area contributed by atoms with Gasteiger partial charge in [0.1, 0.15) is 6.61 Å². The smallest absolute Gasteiger partial charge is 0.362 e. The number of carboxylic acids is 1. The highest BCUT2D eigenvalue weighted by Gasteiger charge is 2.31. The molecule has 0 aliphatic carbocycles. The molecule has 0 bridgehead atoms. The molecule has 0 aromatic heterocycles. The van der Waals surface area contributed by atoms with Crippen LogP contribution in [0.25, 0.3) is 0 Å². The molecule has 2 atom stereocenters. The van der Waals surface area contributed by atoms with E-state index in [1.165, 1.54) is 122 Å². The van der Waals surface area contributed by atoms with Gasteiger partial charge in [0.2, 0.25) is 0 Å². The number of aliphatic carboxylic acids is 1. The number of rotatable bonds is 39. The molecule has 0 saturated carbocycles. The molecule has 0 aromatic rings. The van der Waals surface area contributed by atoms with Crippen molar-refractivity contribution in [2.75, 3.05) is 41.0 Å². The van der Waals surface area contributed by atoms with Gasteiger partial charge < -0.3 is 23.8 Å². The topological polar surface area (TPSA) is 99.1 Å². The first-order valence-corrected chi connectivity index (χ1v) is 21.9. The number of quaternary nitrogens is 1. The van der Waals surface area contributed by atoms with E-state index in [4.69, 9.17) is 14.2 Å². The van der Waals surface area contributed by atoms with Crippen molar-refractivity contribution in [3.8, 4) is 0 Å². The van der Waals surface area contributed by atoms with Crippen LogP contribution in [-0.4, -0.2) is 80.6 Å². The van der Waals surface area contributed by atoms with E-state index in [1.54, 1.807) is 0 Å². The number of carbonyl (C=O) groups excluding carboxylic acids is 2. The summed E-state index contributed by atoms with van der Waals surface area (Å²) < 4.78 is 17.2. The molecule has 53 heavy (non-hydrogen) atoms. The van der Waals surface area contributed by atoms with Crippen molar-refractivity contribution in [1.29, 1.82) is 0 Å². The standard InChI is InChI=1S/C45H83NO7/c1-6-8-10-12-14-16-18-20-21-22-24-25-27-29-31-33-35-43(47)52-40-41(39-51-38-37-42(45(49)50)46(3,4)5)53-44(48)36-34-32-30-28-26-23-19-17-15-13-11-9-7-2/h23,26,30,32,41-42H,6-22,24-25,27-29,31,33-40H2,1-5H3/p+1/b26-23+,32-30+. The van der Waals surface area contributed by atoms with Gasteiger partial charge >= 0.3 is 17.9 Å². The monoisotopic (exact) mass is 751 g/mol. The van der Waals surface area contributed by atoms with Gasteiger partial charge in [-0.3, -0.25) is 9.59 Å². The van der Waals surface area contributed by atoms with Gasteiger partial charge in [0.15, 0.2) is 12.1 Å². The minimum atomic E-state index is -0.881. The number of nitrogens with zero attached hydrogens (tertiary/aromatic N) is 1. The van der Waals surface area contributed by atoms with Crippen LogP contribution >= 0.6 is 0 Å². The Balaban J connectivity index is 4.38. The van der Waals surface area contributed by atoms with E-state index in [9.17, 15) is 19.5 Å². The number of ether oxygens (including phenoxy) is 3. The number of likely N-dealkylation sites (N-methyl/N-ethyl adjacent to an activating group) is 1. The van der Waals surface area contributed by atoms with E-state index in [2.05, 4.69) is 32.1 Å². The molecule has 310 valence electrons. The molecule has 0 aromatic carbocycles. The Hall–Kier alpha value is -2.19. The minimum Gasteiger partial charge on any atom is -0.477 e. The first kappa shape index (κ1) is 50.8. The second kappa shape index (κ2) is 36.8. The largest absolute Gasteiger partial charge is 0.477 e. The molecule has 0 rings (SSSR count). The van der Waals surface area contributed by atoms with Crippen molar-refractivity contribution < 1.29 is 38.2 Å². The van der Waals surface area contributed by atoms with Gasteiger partial charge in [-0.25, -0.2) is 4.79 Å². The molecule has 2 unspecified atom stereocenters. The average Bonchev–Trinajstić information content (AvgIpc) is 3.11. The molecule has 8 heteroatoms. The zero-order chi connectivity index (χ0) is 39.3. The number of hydrogen-bond acceptors (Lipinski definition) is 6. The van der Waals surface area contributed by atoms with Crippen LogP contribution < -0.4 is 0 Å². The Morgan fingerprint density at radius 3 is 1.53 bits per heavy atom. The van der Waals surface area contributed by atoms with Crippen LogP contribution in [0.3, 0.4) is 0 Å². The van der Waals surface area contributed by atoms with Gasteiger partial charge in [0, 0.05) is 19.3 Å². The summed E-state index contributed by atoms with van der Waals surface area (Å²) in [4.78, 5) is 36.9.